The van der Waals surface area contributed by atoms with Gasteiger partial charge in [-0.2, -0.15) is 0 Å². The molecule has 1 amide bonds. The molecule has 2 bridgehead atoms. The van der Waals surface area contributed by atoms with Crippen LogP contribution < -0.4 is 5.73 Å². The van der Waals surface area contributed by atoms with Crippen molar-refractivity contribution in [3.63, 3.8) is 0 Å². The van der Waals surface area contributed by atoms with Crippen molar-refractivity contribution in [2.24, 2.45) is 17.6 Å². The van der Waals surface area contributed by atoms with Crippen LogP contribution >= 0.6 is 0 Å². The third-order valence-corrected chi connectivity index (χ3v) is 3.62. The summed E-state index contributed by atoms with van der Waals surface area (Å²) in [5, 5.41) is 0. The third kappa shape index (κ3) is 2.29. The molecule has 2 heterocycles. The van der Waals surface area contributed by atoms with Crippen LogP contribution in [0.4, 0.5) is 0 Å². The highest BCUT2D eigenvalue weighted by Gasteiger charge is 2.55. The third-order valence-electron chi connectivity index (χ3n) is 3.62. The molecule has 0 radical (unpaired) electrons. The molecule has 0 aromatic rings. The number of ether oxygens (including phenoxy) is 2. The van der Waals surface area contributed by atoms with Gasteiger partial charge in [-0.3, -0.25) is 9.59 Å². The van der Waals surface area contributed by atoms with Gasteiger partial charge >= 0.3 is 5.97 Å². The lowest BCUT2D eigenvalue weighted by atomic mass is 9.79. The van der Waals surface area contributed by atoms with Crippen LogP contribution in [0.3, 0.4) is 0 Å². The summed E-state index contributed by atoms with van der Waals surface area (Å²) in [6.45, 7) is 2.44. The number of rotatable bonds is 5. The number of hydrogen-bond donors (Lipinski definition) is 1. The van der Waals surface area contributed by atoms with Gasteiger partial charge in [-0.1, -0.05) is 13.3 Å². The lowest BCUT2D eigenvalue weighted by Crippen LogP contribution is -2.42. The molecular formula is C12H19NO4. The monoisotopic (exact) mass is 241 g/mol. The first-order valence-electron chi connectivity index (χ1n) is 6.26. The Morgan fingerprint density at radius 1 is 1.29 bits per heavy atom. The minimum Gasteiger partial charge on any atom is -0.465 e. The molecular weight excluding hydrogens is 222 g/mol. The van der Waals surface area contributed by atoms with E-state index in [2.05, 4.69) is 0 Å². The van der Waals surface area contributed by atoms with Gasteiger partial charge in [0.25, 0.3) is 0 Å². The molecule has 2 aliphatic heterocycles. The minimum absolute atomic E-state index is 0.174. The molecule has 5 nitrogen and oxygen atoms in total. The Balaban J connectivity index is 1.98. The molecule has 0 aromatic heterocycles. The molecule has 2 fully saturated rings. The Labute approximate surface area is 101 Å². The second-order valence-corrected chi connectivity index (χ2v) is 4.77. The summed E-state index contributed by atoms with van der Waals surface area (Å²) in [6, 6.07) is 0. The zero-order chi connectivity index (χ0) is 12.4. The molecule has 2 rings (SSSR count). The van der Waals surface area contributed by atoms with E-state index in [0.29, 0.717) is 6.61 Å². The predicted molar refractivity (Wildman–Crippen MR) is 59.9 cm³/mol. The maximum atomic E-state index is 11.9. The van der Waals surface area contributed by atoms with Crippen LogP contribution in [0.5, 0.6) is 0 Å². The first-order chi connectivity index (χ1) is 8.15. The molecule has 2 N–H and O–H groups in total. The van der Waals surface area contributed by atoms with Gasteiger partial charge in [-0.05, 0) is 19.3 Å². The fraction of sp³-hybridized carbons (Fsp3) is 0.833. The fourth-order valence-electron chi connectivity index (χ4n) is 2.75. The van der Waals surface area contributed by atoms with E-state index in [9.17, 15) is 9.59 Å². The lowest BCUT2D eigenvalue weighted by Gasteiger charge is -2.23. The highest BCUT2D eigenvalue weighted by molar-refractivity contribution is 5.86. The van der Waals surface area contributed by atoms with Crippen molar-refractivity contribution >= 4 is 11.9 Å². The zero-order valence-electron chi connectivity index (χ0n) is 10.1. The van der Waals surface area contributed by atoms with Gasteiger partial charge in [-0.25, -0.2) is 0 Å². The molecule has 4 atom stereocenters. The lowest BCUT2D eigenvalue weighted by molar-refractivity contribution is -0.153. The van der Waals surface area contributed by atoms with Crippen LogP contribution in [0.25, 0.3) is 0 Å². The van der Waals surface area contributed by atoms with Crippen molar-refractivity contribution in [1.82, 2.24) is 0 Å². The van der Waals surface area contributed by atoms with E-state index in [1.165, 1.54) is 0 Å². The van der Waals surface area contributed by atoms with Crippen molar-refractivity contribution in [3.8, 4) is 0 Å². The normalized spacial score (nSPS) is 34.9. The van der Waals surface area contributed by atoms with Gasteiger partial charge in [0.05, 0.1) is 30.7 Å². The Bertz CT molecular complexity index is 318. The fourth-order valence-corrected chi connectivity index (χ4v) is 2.75. The quantitative estimate of drug-likeness (QED) is 0.565. The van der Waals surface area contributed by atoms with Gasteiger partial charge in [0.2, 0.25) is 5.91 Å². The van der Waals surface area contributed by atoms with Crippen molar-refractivity contribution in [3.05, 3.63) is 0 Å². The zero-order valence-corrected chi connectivity index (χ0v) is 10.1. The van der Waals surface area contributed by atoms with E-state index in [1.807, 2.05) is 6.92 Å². The number of fused-ring (bicyclic) bond motifs is 2. The Morgan fingerprint density at radius 3 is 2.53 bits per heavy atom. The summed E-state index contributed by atoms with van der Waals surface area (Å²) in [4.78, 5) is 23.3. The standard InChI is InChI=1S/C12H19NO4/c1-2-3-6-16-12(15)10-8-5-4-7(17-8)9(10)11(13)14/h7-10H,2-6H2,1H3,(H2,13,14)/t7-,8+,9-,10-/m0/s1. The van der Waals surface area contributed by atoms with Crippen LogP contribution in [-0.4, -0.2) is 30.7 Å². The van der Waals surface area contributed by atoms with Crippen LogP contribution in [0, 0.1) is 11.8 Å². The van der Waals surface area contributed by atoms with Gasteiger partial charge < -0.3 is 15.2 Å². The summed E-state index contributed by atoms with van der Waals surface area (Å²) in [6.07, 6.45) is 3.10. The molecule has 0 saturated carbocycles. The molecule has 96 valence electrons. The van der Waals surface area contributed by atoms with E-state index in [0.717, 1.165) is 25.7 Å². The summed E-state index contributed by atoms with van der Waals surface area (Å²) < 4.78 is 10.8. The van der Waals surface area contributed by atoms with Gasteiger partial charge in [0, 0.05) is 0 Å². The van der Waals surface area contributed by atoms with Crippen molar-refractivity contribution in [2.75, 3.05) is 6.61 Å². The van der Waals surface area contributed by atoms with Crippen LogP contribution in [0.2, 0.25) is 0 Å². The number of carbonyl (C=O) groups excluding carboxylic acids is 2. The summed E-state index contributed by atoms with van der Waals surface area (Å²) in [7, 11) is 0. The maximum absolute atomic E-state index is 11.9. The van der Waals surface area contributed by atoms with Crippen LogP contribution in [0.1, 0.15) is 32.6 Å². The topological polar surface area (TPSA) is 78.6 Å². The predicted octanol–water partition coefficient (Wildman–Crippen LogP) is 0.609. The van der Waals surface area contributed by atoms with Crippen molar-refractivity contribution in [2.45, 2.75) is 44.8 Å². The molecule has 2 saturated heterocycles. The van der Waals surface area contributed by atoms with Gasteiger partial charge in [0.15, 0.2) is 0 Å². The largest absolute Gasteiger partial charge is 0.465 e. The van der Waals surface area contributed by atoms with Gasteiger partial charge in [-0.15, -0.1) is 0 Å². The first-order valence-corrected chi connectivity index (χ1v) is 6.26. The SMILES string of the molecule is CCCCOC(=O)[C@@H]1[C@@H](C(N)=O)[C@@H]2CC[C@H]1O2. The van der Waals surface area contributed by atoms with E-state index >= 15 is 0 Å². The number of carbonyl (C=O) groups is 2. The Hall–Kier alpha value is -1.10. The number of nitrogens with two attached hydrogens (primary N) is 1. The number of primary amides is 1. The van der Waals surface area contributed by atoms with E-state index in [1.54, 1.807) is 0 Å². The Kier molecular flexibility index (Phi) is 3.66. The molecule has 5 heteroatoms. The van der Waals surface area contributed by atoms with Gasteiger partial charge in [0.1, 0.15) is 0 Å². The number of hydrogen-bond acceptors (Lipinski definition) is 4. The molecule has 0 unspecified atom stereocenters. The van der Waals surface area contributed by atoms with E-state index < -0.39 is 17.7 Å². The van der Waals surface area contributed by atoms with E-state index in [4.69, 9.17) is 15.2 Å². The molecule has 0 aliphatic carbocycles. The number of esters is 1. The summed E-state index contributed by atoms with van der Waals surface area (Å²) >= 11 is 0. The summed E-state index contributed by atoms with van der Waals surface area (Å²) in [5.41, 5.74) is 5.34. The highest BCUT2D eigenvalue weighted by Crippen LogP contribution is 2.43. The summed E-state index contributed by atoms with van der Waals surface area (Å²) in [5.74, 6) is -1.75. The van der Waals surface area contributed by atoms with Crippen LogP contribution in [-0.2, 0) is 19.1 Å². The highest BCUT2D eigenvalue weighted by atomic mass is 16.5. The van der Waals surface area contributed by atoms with Crippen molar-refractivity contribution < 1.29 is 19.1 Å². The number of unbranched alkanes of at least 4 members (excludes halogenated alkanes) is 1. The second kappa shape index (κ2) is 5.04. The smallest absolute Gasteiger partial charge is 0.312 e. The second-order valence-electron chi connectivity index (χ2n) is 4.77. The van der Waals surface area contributed by atoms with Crippen LogP contribution in [0.15, 0.2) is 0 Å². The average Bonchev–Trinajstić information content (AvgIpc) is 2.88. The molecule has 17 heavy (non-hydrogen) atoms. The average molecular weight is 241 g/mol. The first kappa shape index (κ1) is 12.4. The molecule has 2 aliphatic rings. The molecule has 0 aromatic carbocycles. The minimum atomic E-state index is -0.497. The number of amides is 1. The van der Waals surface area contributed by atoms with Crippen molar-refractivity contribution in [1.29, 1.82) is 0 Å². The molecule has 0 spiro atoms. The van der Waals surface area contributed by atoms with E-state index in [-0.39, 0.29) is 18.2 Å². The maximum Gasteiger partial charge on any atom is 0.312 e. The Morgan fingerprint density at radius 2 is 1.94 bits per heavy atom.